The van der Waals surface area contributed by atoms with Gasteiger partial charge in [-0.2, -0.15) is 0 Å². The van der Waals surface area contributed by atoms with Crippen LogP contribution >= 0.6 is 0 Å². The van der Waals surface area contributed by atoms with Crippen LogP contribution < -0.4 is 4.90 Å². The molecule has 0 aliphatic carbocycles. The van der Waals surface area contributed by atoms with Gasteiger partial charge in [-0.05, 0) is 12.1 Å². The molecule has 0 spiro atoms. The van der Waals surface area contributed by atoms with Crippen molar-refractivity contribution in [2.75, 3.05) is 31.2 Å². The summed E-state index contributed by atoms with van der Waals surface area (Å²) in [6.45, 7) is 3.12. The molecule has 2 aromatic rings. The largest absolute Gasteiger partial charge is 0.392 e. The number of aliphatic hydroxyl groups excluding tert-OH is 1. The summed E-state index contributed by atoms with van der Waals surface area (Å²) >= 11 is 0. The molecule has 1 aromatic heterocycles. The summed E-state index contributed by atoms with van der Waals surface area (Å²) in [5.74, 6) is 0.888. The maximum Gasteiger partial charge on any atom is 0.134 e. The Morgan fingerprint density at radius 1 is 1.22 bits per heavy atom. The number of anilines is 1. The van der Waals surface area contributed by atoms with E-state index in [1.165, 1.54) is 0 Å². The first-order chi connectivity index (χ1) is 8.88. The minimum Gasteiger partial charge on any atom is -0.392 e. The number of fused-ring (bicyclic) bond motifs is 1. The van der Waals surface area contributed by atoms with Crippen molar-refractivity contribution in [2.24, 2.45) is 0 Å². The highest BCUT2D eigenvalue weighted by Crippen LogP contribution is 2.24. The predicted molar refractivity (Wildman–Crippen MR) is 70.7 cm³/mol. The molecule has 2 heterocycles. The van der Waals surface area contributed by atoms with Crippen molar-refractivity contribution in [3.05, 3.63) is 35.9 Å². The number of morpholine rings is 1. The second-order valence-electron chi connectivity index (χ2n) is 4.42. The molecule has 18 heavy (non-hydrogen) atoms. The van der Waals surface area contributed by atoms with Crippen molar-refractivity contribution in [1.29, 1.82) is 0 Å². The van der Waals surface area contributed by atoms with Crippen molar-refractivity contribution in [2.45, 2.75) is 6.61 Å². The van der Waals surface area contributed by atoms with Gasteiger partial charge in [0.25, 0.3) is 0 Å². The third kappa shape index (κ3) is 2.05. The monoisotopic (exact) mass is 244 g/mol. The van der Waals surface area contributed by atoms with E-state index in [9.17, 15) is 5.11 Å². The lowest BCUT2D eigenvalue weighted by Gasteiger charge is -2.29. The first-order valence-corrected chi connectivity index (χ1v) is 6.21. The second kappa shape index (κ2) is 4.92. The van der Waals surface area contributed by atoms with Crippen molar-refractivity contribution in [3.63, 3.8) is 0 Å². The number of benzene rings is 1. The Bertz CT molecular complexity index is 550. The number of hydrogen-bond donors (Lipinski definition) is 1. The zero-order valence-corrected chi connectivity index (χ0v) is 10.2. The van der Waals surface area contributed by atoms with Gasteiger partial charge in [-0.3, -0.25) is 0 Å². The number of rotatable bonds is 2. The van der Waals surface area contributed by atoms with Crippen LogP contribution in [0.2, 0.25) is 0 Å². The maximum absolute atomic E-state index is 9.51. The van der Waals surface area contributed by atoms with Crippen LogP contribution in [0.1, 0.15) is 5.56 Å². The van der Waals surface area contributed by atoms with Gasteiger partial charge in [0.2, 0.25) is 0 Å². The molecular formula is C14H16N2O2. The summed E-state index contributed by atoms with van der Waals surface area (Å²) in [5, 5.41) is 10.6. The summed E-state index contributed by atoms with van der Waals surface area (Å²) < 4.78 is 5.35. The molecule has 1 aliphatic heterocycles. The minimum atomic E-state index is 0.0184. The highest BCUT2D eigenvalue weighted by molar-refractivity contribution is 5.81. The van der Waals surface area contributed by atoms with Gasteiger partial charge < -0.3 is 14.7 Å². The van der Waals surface area contributed by atoms with Crippen LogP contribution in [0, 0.1) is 0 Å². The molecule has 0 atom stereocenters. The van der Waals surface area contributed by atoms with Gasteiger partial charge >= 0.3 is 0 Å². The van der Waals surface area contributed by atoms with Crippen molar-refractivity contribution in [1.82, 2.24) is 4.98 Å². The van der Waals surface area contributed by atoms with Crippen LogP contribution in [0.15, 0.2) is 30.3 Å². The van der Waals surface area contributed by atoms with Crippen LogP contribution in [0.5, 0.6) is 0 Å². The summed E-state index contributed by atoms with van der Waals surface area (Å²) in [7, 11) is 0. The molecule has 3 rings (SSSR count). The molecule has 0 unspecified atom stereocenters. The fraction of sp³-hybridized carbons (Fsp3) is 0.357. The van der Waals surface area contributed by atoms with Gasteiger partial charge in [0.1, 0.15) is 5.82 Å². The predicted octanol–water partition coefficient (Wildman–Crippen LogP) is 1.56. The average molecular weight is 244 g/mol. The van der Waals surface area contributed by atoms with Gasteiger partial charge in [0, 0.05) is 24.0 Å². The fourth-order valence-electron chi connectivity index (χ4n) is 2.31. The SMILES string of the molecule is OCc1cc2ccccc2nc1N1CCOCC1. The minimum absolute atomic E-state index is 0.0184. The highest BCUT2D eigenvalue weighted by Gasteiger charge is 2.16. The highest BCUT2D eigenvalue weighted by atomic mass is 16.5. The fourth-order valence-corrected chi connectivity index (χ4v) is 2.31. The van der Waals surface area contributed by atoms with Gasteiger partial charge in [-0.25, -0.2) is 4.98 Å². The topological polar surface area (TPSA) is 45.6 Å². The summed E-state index contributed by atoms with van der Waals surface area (Å²) in [6, 6.07) is 10.0. The number of hydrogen-bond acceptors (Lipinski definition) is 4. The van der Waals surface area contributed by atoms with E-state index in [1.807, 2.05) is 30.3 Å². The molecule has 1 aliphatic rings. The third-order valence-corrected chi connectivity index (χ3v) is 3.26. The Hall–Kier alpha value is -1.65. The molecular weight excluding hydrogens is 228 g/mol. The van der Waals surface area contributed by atoms with E-state index in [4.69, 9.17) is 4.74 Å². The van der Waals surface area contributed by atoms with Crippen LogP contribution in [-0.4, -0.2) is 36.4 Å². The average Bonchev–Trinajstić information content (AvgIpc) is 2.46. The molecule has 0 radical (unpaired) electrons. The van der Waals surface area contributed by atoms with E-state index in [0.717, 1.165) is 48.6 Å². The Balaban J connectivity index is 2.08. The van der Waals surface area contributed by atoms with Crippen molar-refractivity contribution in [3.8, 4) is 0 Å². The summed E-state index contributed by atoms with van der Waals surface area (Å²) in [6.07, 6.45) is 0. The van der Waals surface area contributed by atoms with E-state index in [1.54, 1.807) is 0 Å². The normalized spacial score (nSPS) is 16.2. The Labute approximate surface area is 106 Å². The quantitative estimate of drug-likeness (QED) is 0.871. The molecule has 0 saturated carbocycles. The molecule has 4 nitrogen and oxygen atoms in total. The van der Waals surface area contributed by atoms with Crippen LogP contribution in [-0.2, 0) is 11.3 Å². The van der Waals surface area contributed by atoms with Gasteiger partial charge in [0.05, 0.1) is 25.3 Å². The molecule has 1 saturated heterocycles. The van der Waals surface area contributed by atoms with Crippen LogP contribution in [0.4, 0.5) is 5.82 Å². The summed E-state index contributed by atoms with van der Waals surface area (Å²) in [4.78, 5) is 6.86. The molecule has 1 aromatic carbocycles. The molecule has 0 bridgehead atoms. The lowest BCUT2D eigenvalue weighted by molar-refractivity contribution is 0.122. The number of pyridine rings is 1. The molecule has 0 amide bonds. The Morgan fingerprint density at radius 3 is 2.78 bits per heavy atom. The standard InChI is InChI=1S/C14H16N2O2/c17-10-12-9-11-3-1-2-4-13(11)15-14(12)16-5-7-18-8-6-16/h1-4,9,17H,5-8,10H2. The van der Waals surface area contributed by atoms with Crippen molar-refractivity contribution < 1.29 is 9.84 Å². The van der Waals surface area contributed by atoms with Crippen molar-refractivity contribution >= 4 is 16.7 Å². The number of aliphatic hydroxyl groups is 1. The van der Waals surface area contributed by atoms with Gasteiger partial charge in [-0.1, -0.05) is 18.2 Å². The lowest BCUT2D eigenvalue weighted by atomic mass is 10.1. The number of aromatic nitrogens is 1. The first kappa shape index (κ1) is 11.4. The second-order valence-corrected chi connectivity index (χ2v) is 4.42. The van der Waals surface area contributed by atoms with E-state index in [2.05, 4.69) is 9.88 Å². The molecule has 4 heteroatoms. The third-order valence-electron chi connectivity index (χ3n) is 3.26. The van der Waals surface area contributed by atoms with Gasteiger partial charge in [-0.15, -0.1) is 0 Å². The van der Waals surface area contributed by atoms with E-state index >= 15 is 0 Å². The summed E-state index contributed by atoms with van der Waals surface area (Å²) in [5.41, 5.74) is 1.85. The van der Waals surface area contributed by atoms with Crippen LogP contribution in [0.25, 0.3) is 10.9 Å². The number of ether oxygens (including phenoxy) is 1. The lowest BCUT2D eigenvalue weighted by Crippen LogP contribution is -2.37. The molecule has 1 fully saturated rings. The number of para-hydroxylation sites is 1. The van der Waals surface area contributed by atoms with Gasteiger partial charge in [0.15, 0.2) is 0 Å². The van der Waals surface area contributed by atoms with E-state index in [0.29, 0.717) is 0 Å². The molecule has 94 valence electrons. The molecule has 1 N–H and O–H groups in total. The maximum atomic E-state index is 9.51. The van der Waals surface area contributed by atoms with E-state index in [-0.39, 0.29) is 6.61 Å². The smallest absolute Gasteiger partial charge is 0.134 e. The zero-order chi connectivity index (χ0) is 12.4. The Morgan fingerprint density at radius 2 is 2.00 bits per heavy atom. The van der Waals surface area contributed by atoms with Crippen LogP contribution in [0.3, 0.4) is 0 Å². The Kier molecular flexibility index (Phi) is 3.13. The van der Waals surface area contributed by atoms with E-state index < -0.39 is 0 Å². The number of nitrogens with zero attached hydrogens (tertiary/aromatic N) is 2. The first-order valence-electron chi connectivity index (χ1n) is 6.21. The zero-order valence-electron chi connectivity index (χ0n) is 10.2.